The van der Waals surface area contributed by atoms with Crippen molar-refractivity contribution in [1.82, 2.24) is 5.32 Å². The molecule has 346 valence electrons. The first kappa shape index (κ1) is 57.1. The van der Waals surface area contributed by atoms with Gasteiger partial charge in [-0.05, 0) is 57.8 Å². The highest BCUT2D eigenvalue weighted by molar-refractivity contribution is 5.77. The lowest BCUT2D eigenvalue weighted by Gasteiger charge is -2.24. The molecule has 0 heterocycles. The van der Waals surface area contributed by atoms with Crippen LogP contribution in [0, 0.1) is 0 Å². The maximum atomic E-state index is 13.1. The van der Waals surface area contributed by atoms with Crippen molar-refractivity contribution in [3.8, 4) is 0 Å². The van der Waals surface area contributed by atoms with Crippen molar-refractivity contribution in [1.29, 1.82) is 0 Å². The van der Waals surface area contributed by atoms with E-state index in [0.29, 0.717) is 19.3 Å². The number of amides is 1. The largest absolute Gasteiger partial charge is 0.462 e. The van der Waals surface area contributed by atoms with Crippen LogP contribution in [0.15, 0.2) is 36.5 Å². The second-order valence-electron chi connectivity index (χ2n) is 17.5. The second-order valence-corrected chi connectivity index (χ2v) is 17.5. The fraction of sp³-hybridized carbons (Fsp3) is 0.849. The van der Waals surface area contributed by atoms with Gasteiger partial charge in [-0.3, -0.25) is 9.59 Å². The van der Waals surface area contributed by atoms with E-state index in [1.807, 2.05) is 0 Å². The summed E-state index contributed by atoms with van der Waals surface area (Å²) in [5.74, 6) is -0.485. The number of allylic oxidation sites excluding steroid dienone is 6. The van der Waals surface area contributed by atoms with E-state index in [9.17, 15) is 19.8 Å². The van der Waals surface area contributed by atoms with Gasteiger partial charge in [0.1, 0.15) is 6.10 Å². The molecule has 3 atom stereocenters. The van der Waals surface area contributed by atoms with Crippen LogP contribution in [0.4, 0.5) is 0 Å². The number of aliphatic hydroxyl groups excluding tert-OH is 2. The molecule has 0 spiro atoms. The molecule has 0 aliphatic carbocycles. The molecule has 0 rings (SSSR count). The molecule has 0 aliphatic heterocycles. The first-order chi connectivity index (χ1) is 29.0. The Morgan fingerprint density at radius 3 is 1.39 bits per heavy atom. The van der Waals surface area contributed by atoms with Crippen LogP contribution in [0.2, 0.25) is 0 Å². The normalized spacial score (nSPS) is 13.5. The minimum Gasteiger partial charge on any atom is -0.462 e. The topological polar surface area (TPSA) is 95.9 Å². The molecule has 3 N–H and O–H groups in total. The quantitative estimate of drug-likeness (QED) is 0.0323. The maximum absolute atomic E-state index is 13.1. The first-order valence-electron chi connectivity index (χ1n) is 25.7. The van der Waals surface area contributed by atoms with E-state index in [4.69, 9.17) is 4.74 Å². The molecule has 0 bridgehead atoms. The monoisotopic (exact) mass is 830 g/mol. The van der Waals surface area contributed by atoms with Gasteiger partial charge in [-0.25, -0.2) is 0 Å². The van der Waals surface area contributed by atoms with Crippen molar-refractivity contribution in [2.45, 2.75) is 283 Å². The summed E-state index contributed by atoms with van der Waals surface area (Å²) >= 11 is 0. The molecule has 0 aromatic heterocycles. The van der Waals surface area contributed by atoms with Crippen molar-refractivity contribution in [3.63, 3.8) is 0 Å². The molecule has 0 fully saturated rings. The number of esters is 1. The van der Waals surface area contributed by atoms with Crippen LogP contribution in [0.3, 0.4) is 0 Å². The molecule has 0 aliphatic rings. The van der Waals surface area contributed by atoms with Crippen molar-refractivity contribution in [2.75, 3.05) is 6.61 Å². The third-order valence-electron chi connectivity index (χ3n) is 11.7. The lowest BCUT2D eigenvalue weighted by atomic mass is 10.0. The number of carbonyl (C=O) groups is 2. The number of hydrogen-bond acceptors (Lipinski definition) is 5. The molecule has 0 aromatic carbocycles. The van der Waals surface area contributed by atoms with Crippen LogP contribution in [-0.2, 0) is 14.3 Å². The maximum Gasteiger partial charge on any atom is 0.306 e. The summed E-state index contributed by atoms with van der Waals surface area (Å²) in [7, 11) is 0. The fourth-order valence-corrected chi connectivity index (χ4v) is 7.86. The molecule has 6 heteroatoms. The number of carbonyl (C=O) groups excluding carboxylic acids is 2. The summed E-state index contributed by atoms with van der Waals surface area (Å²) in [6.07, 6.45) is 55.1. The van der Waals surface area contributed by atoms with Crippen molar-refractivity contribution >= 4 is 11.9 Å². The van der Waals surface area contributed by atoms with Gasteiger partial charge in [0.15, 0.2) is 0 Å². The Morgan fingerprint density at radius 1 is 0.508 bits per heavy atom. The van der Waals surface area contributed by atoms with Crippen LogP contribution in [0.25, 0.3) is 0 Å². The summed E-state index contributed by atoms with van der Waals surface area (Å²) in [6, 6.07) is -0.699. The molecule has 0 saturated heterocycles. The van der Waals surface area contributed by atoms with Gasteiger partial charge >= 0.3 is 5.97 Å². The highest BCUT2D eigenvalue weighted by Crippen LogP contribution is 2.18. The third-order valence-corrected chi connectivity index (χ3v) is 11.7. The average molecular weight is 830 g/mol. The summed E-state index contributed by atoms with van der Waals surface area (Å²) in [4.78, 5) is 26.0. The van der Waals surface area contributed by atoms with E-state index in [0.717, 1.165) is 77.0 Å². The van der Waals surface area contributed by atoms with Crippen molar-refractivity contribution in [3.05, 3.63) is 36.5 Å². The van der Waals surface area contributed by atoms with Gasteiger partial charge in [-0.1, -0.05) is 231 Å². The van der Waals surface area contributed by atoms with Gasteiger partial charge < -0.3 is 20.3 Å². The summed E-state index contributed by atoms with van der Waals surface area (Å²) < 4.78 is 5.89. The molecular weight excluding hydrogens is 731 g/mol. The molecule has 3 unspecified atom stereocenters. The third kappa shape index (κ3) is 42.6. The highest BCUT2D eigenvalue weighted by atomic mass is 16.5. The van der Waals surface area contributed by atoms with Gasteiger partial charge in [0.25, 0.3) is 0 Å². The Morgan fingerprint density at radius 2 is 0.915 bits per heavy atom. The Kier molecular flexibility index (Phi) is 45.6. The van der Waals surface area contributed by atoms with Crippen molar-refractivity contribution in [2.24, 2.45) is 0 Å². The van der Waals surface area contributed by atoms with Gasteiger partial charge in [0.05, 0.1) is 25.2 Å². The first-order valence-corrected chi connectivity index (χ1v) is 25.7. The minimum absolute atomic E-state index is 0.0744. The zero-order valence-electron chi connectivity index (χ0n) is 39.4. The molecule has 0 aromatic rings. The zero-order valence-corrected chi connectivity index (χ0v) is 39.4. The smallest absolute Gasteiger partial charge is 0.306 e. The number of ether oxygens (including phenoxy) is 1. The summed E-state index contributed by atoms with van der Waals surface area (Å²) in [6.45, 7) is 6.35. The van der Waals surface area contributed by atoms with Crippen LogP contribution < -0.4 is 5.32 Å². The number of aliphatic hydroxyl groups is 2. The Hall–Kier alpha value is -1.92. The average Bonchev–Trinajstić information content (AvgIpc) is 3.23. The molecule has 0 radical (unpaired) electrons. The second kappa shape index (κ2) is 47.1. The van der Waals surface area contributed by atoms with E-state index in [1.165, 1.54) is 141 Å². The number of unbranched alkanes of at least 4 members (excludes halogenated alkanes) is 28. The minimum atomic E-state index is -0.786. The Labute approximate surface area is 366 Å². The van der Waals surface area contributed by atoms with E-state index in [-0.39, 0.29) is 24.9 Å². The number of rotatable bonds is 46. The predicted molar refractivity (Wildman–Crippen MR) is 255 cm³/mol. The summed E-state index contributed by atoms with van der Waals surface area (Å²) in [5, 5.41) is 23.7. The highest BCUT2D eigenvalue weighted by Gasteiger charge is 2.24. The van der Waals surface area contributed by atoms with Crippen LogP contribution in [0.1, 0.15) is 265 Å². The predicted octanol–water partition coefficient (Wildman–Crippen LogP) is 15.3. The van der Waals surface area contributed by atoms with Gasteiger partial charge in [-0.2, -0.15) is 0 Å². The lowest BCUT2D eigenvalue weighted by molar-refractivity contribution is -0.151. The Bertz CT molecular complexity index is 977. The van der Waals surface area contributed by atoms with E-state index < -0.39 is 18.2 Å². The van der Waals surface area contributed by atoms with E-state index >= 15 is 0 Å². The van der Waals surface area contributed by atoms with Crippen molar-refractivity contribution < 1.29 is 24.5 Å². The molecule has 6 nitrogen and oxygen atoms in total. The van der Waals surface area contributed by atoms with Gasteiger partial charge in [0, 0.05) is 6.42 Å². The zero-order chi connectivity index (χ0) is 43.1. The standard InChI is InChI=1S/C53H99NO5/c1-4-7-10-13-16-18-20-22-24-26-27-29-31-33-36-39-42-45-51(56)50(48-55)54-52(57)47-49(44-41-38-35-15-12-9-6-3)59-53(58)46-43-40-37-34-32-30-28-25-23-21-19-17-14-11-8-5-2/h8,11,17,19,23,25,49-51,55-56H,4-7,9-10,12-16,18,20-22,24,26-48H2,1-3H3,(H,54,57)/b11-8+,19-17+,25-23+. The molecule has 59 heavy (non-hydrogen) atoms. The van der Waals surface area contributed by atoms with Crippen LogP contribution in [0.5, 0.6) is 0 Å². The summed E-state index contributed by atoms with van der Waals surface area (Å²) in [5.41, 5.74) is 0. The van der Waals surface area contributed by atoms with Gasteiger partial charge in [-0.15, -0.1) is 0 Å². The fourth-order valence-electron chi connectivity index (χ4n) is 7.86. The molecular formula is C53H99NO5. The SMILES string of the molecule is CC/C=C/C/C=C/C/C=C/CCCCCCCCC(=O)OC(CCCCCCCCC)CC(=O)NC(CO)C(O)CCCCCCCCCCCCCCCCCCC. The lowest BCUT2D eigenvalue weighted by Crippen LogP contribution is -2.46. The van der Waals surface area contributed by atoms with E-state index in [1.54, 1.807) is 0 Å². The number of nitrogens with one attached hydrogen (secondary N) is 1. The Balaban J connectivity index is 4.33. The van der Waals surface area contributed by atoms with Crippen LogP contribution >= 0.6 is 0 Å². The molecule has 0 saturated carbocycles. The van der Waals surface area contributed by atoms with Crippen LogP contribution in [-0.4, -0.2) is 46.9 Å². The van der Waals surface area contributed by atoms with Gasteiger partial charge in [0.2, 0.25) is 5.91 Å². The van der Waals surface area contributed by atoms with E-state index in [2.05, 4.69) is 62.5 Å². The number of hydrogen-bond donors (Lipinski definition) is 3. The molecule has 1 amide bonds.